The second-order valence-electron chi connectivity index (χ2n) is 10.3. The van der Waals surface area contributed by atoms with Crippen molar-refractivity contribution in [2.75, 3.05) is 23.8 Å². The minimum atomic E-state index is -2.66. The van der Waals surface area contributed by atoms with E-state index in [1.165, 1.54) is 11.1 Å². The summed E-state index contributed by atoms with van der Waals surface area (Å²) in [6.45, 7) is 2.29. The van der Waals surface area contributed by atoms with Gasteiger partial charge in [0.1, 0.15) is 5.82 Å². The first-order valence-electron chi connectivity index (χ1n) is 12.4. The monoisotopic (exact) mass is 502 g/mol. The van der Waals surface area contributed by atoms with E-state index >= 15 is 4.39 Å². The molecule has 1 saturated heterocycles. The van der Waals surface area contributed by atoms with Crippen LogP contribution in [0.2, 0.25) is 0 Å². The second kappa shape index (κ2) is 8.08. The first-order chi connectivity index (χ1) is 17.9. The van der Waals surface area contributed by atoms with Crippen molar-refractivity contribution in [2.45, 2.75) is 38.2 Å². The molecule has 3 N–H and O–H groups in total. The zero-order valence-electron chi connectivity index (χ0n) is 20.2. The van der Waals surface area contributed by atoms with E-state index in [2.05, 4.69) is 26.1 Å². The first kappa shape index (κ1) is 22.4. The molecule has 3 aromatic rings. The highest BCUT2D eigenvalue weighted by Crippen LogP contribution is 2.56. The van der Waals surface area contributed by atoms with Gasteiger partial charge in [0.25, 0.3) is 5.92 Å². The summed E-state index contributed by atoms with van der Waals surface area (Å²) in [7, 11) is 0. The van der Waals surface area contributed by atoms with Crippen LogP contribution in [0.15, 0.2) is 60.5 Å². The Morgan fingerprint density at radius 2 is 2.00 bits per heavy atom. The number of fused-ring (bicyclic) bond motifs is 4. The Hall–Kier alpha value is -3.85. The zero-order chi connectivity index (χ0) is 25.3. The van der Waals surface area contributed by atoms with Gasteiger partial charge in [-0.25, -0.2) is 13.2 Å². The highest BCUT2D eigenvalue weighted by Gasteiger charge is 2.42. The maximum Gasteiger partial charge on any atom is 0.261 e. The number of allylic oxidation sites excluding steroid dienone is 2. The van der Waals surface area contributed by atoms with Gasteiger partial charge < -0.3 is 16.2 Å². The van der Waals surface area contributed by atoms with Crippen molar-refractivity contribution >= 4 is 16.9 Å². The number of likely N-dealkylation sites (tertiary alicyclic amines) is 1. The molecular weight excluding hydrogens is 477 g/mol. The molecular formula is C28H25F3N6. The van der Waals surface area contributed by atoms with Crippen LogP contribution in [0.3, 0.4) is 0 Å². The smallest absolute Gasteiger partial charge is 0.261 e. The molecule has 0 bridgehead atoms. The Labute approximate surface area is 212 Å². The van der Waals surface area contributed by atoms with E-state index in [9.17, 15) is 8.78 Å². The van der Waals surface area contributed by atoms with Gasteiger partial charge in [0.05, 0.1) is 12.2 Å². The van der Waals surface area contributed by atoms with E-state index in [1.807, 2.05) is 31.3 Å². The number of nitrogens with one attached hydrogen (secondary N) is 3. The van der Waals surface area contributed by atoms with Crippen LogP contribution in [-0.2, 0) is 6.54 Å². The normalized spacial score (nSPS) is 21.2. The Morgan fingerprint density at radius 3 is 2.84 bits per heavy atom. The fourth-order valence-corrected chi connectivity index (χ4v) is 5.85. The maximum atomic E-state index is 16.5. The van der Waals surface area contributed by atoms with Crippen LogP contribution in [0, 0.1) is 12.7 Å². The van der Waals surface area contributed by atoms with Gasteiger partial charge in [-0.15, -0.1) is 0 Å². The Bertz CT molecular complexity index is 1510. The fourth-order valence-electron chi connectivity index (χ4n) is 5.85. The molecule has 0 radical (unpaired) electrons. The summed E-state index contributed by atoms with van der Waals surface area (Å²) in [6.07, 6.45) is 9.53. The predicted octanol–water partition coefficient (Wildman–Crippen LogP) is 5.57. The lowest BCUT2D eigenvalue weighted by atomic mass is 9.90. The van der Waals surface area contributed by atoms with Crippen LogP contribution in [0.4, 0.5) is 24.5 Å². The van der Waals surface area contributed by atoms with E-state index in [0.717, 1.165) is 34.5 Å². The minimum absolute atomic E-state index is 0.136. The van der Waals surface area contributed by atoms with Crippen molar-refractivity contribution in [3.05, 3.63) is 88.5 Å². The third kappa shape index (κ3) is 3.76. The molecule has 37 heavy (non-hydrogen) atoms. The Kier molecular flexibility index (Phi) is 4.88. The first-order valence-corrected chi connectivity index (χ1v) is 12.4. The topological polar surface area (TPSA) is 65.1 Å². The molecule has 1 aliphatic carbocycles. The molecule has 1 aromatic carbocycles. The molecule has 0 spiro atoms. The number of halogens is 3. The molecule has 0 amide bonds. The molecule has 7 rings (SSSR count). The molecule has 2 aromatic heterocycles. The second-order valence-corrected chi connectivity index (χ2v) is 10.3. The number of aromatic nitrogens is 2. The molecule has 5 heterocycles. The predicted molar refractivity (Wildman–Crippen MR) is 136 cm³/mol. The molecule has 188 valence electrons. The van der Waals surface area contributed by atoms with E-state index in [4.69, 9.17) is 0 Å². The number of pyridine rings is 2. The number of anilines is 2. The van der Waals surface area contributed by atoms with Crippen molar-refractivity contribution in [2.24, 2.45) is 0 Å². The summed E-state index contributed by atoms with van der Waals surface area (Å²) in [5, 5.41) is 3.51. The van der Waals surface area contributed by atoms with Crippen molar-refractivity contribution in [3.63, 3.8) is 0 Å². The van der Waals surface area contributed by atoms with Crippen molar-refractivity contribution in [1.29, 1.82) is 0 Å². The van der Waals surface area contributed by atoms with Crippen LogP contribution >= 0.6 is 0 Å². The van der Waals surface area contributed by atoms with E-state index in [-0.39, 0.29) is 18.8 Å². The summed E-state index contributed by atoms with van der Waals surface area (Å²) >= 11 is 0. The zero-order valence-corrected chi connectivity index (χ0v) is 20.2. The quantitative estimate of drug-likeness (QED) is 0.434. The number of hydrogen-bond acceptors (Lipinski definition) is 6. The van der Waals surface area contributed by atoms with Gasteiger partial charge in [0, 0.05) is 95.6 Å². The van der Waals surface area contributed by atoms with Gasteiger partial charge in [0.2, 0.25) is 0 Å². The summed E-state index contributed by atoms with van der Waals surface area (Å²) in [4.78, 5) is 10.3. The highest BCUT2D eigenvalue weighted by molar-refractivity contribution is 5.95. The standard InChI is InChI=1S/C28H25F3N6/c1-15-6-23-25(21(12-34-36-23)27-19-8-18(19)20-11-32-4-2-22(20)35-27)26(29)24(15)17-7-16(9-33-10-17)13-37-5-3-28(30,31)14-37/h2,4,6-7,9-12,18,34-36H,3,5,8,13-14H2,1H3. The molecule has 6 nitrogen and oxygen atoms in total. The lowest BCUT2D eigenvalue weighted by molar-refractivity contribution is 0.0115. The minimum Gasteiger partial charge on any atom is -0.355 e. The summed E-state index contributed by atoms with van der Waals surface area (Å²) in [5.41, 5.74) is 15.1. The molecule has 1 atom stereocenters. The molecule has 4 aliphatic rings. The number of hydrazine groups is 1. The van der Waals surface area contributed by atoms with Crippen LogP contribution < -0.4 is 16.2 Å². The number of aryl methyl sites for hydroxylation is 1. The third-order valence-corrected chi connectivity index (χ3v) is 7.66. The molecule has 1 saturated carbocycles. The average Bonchev–Trinajstić information content (AvgIpc) is 3.61. The number of hydrogen-bond donors (Lipinski definition) is 3. The van der Waals surface area contributed by atoms with Crippen molar-refractivity contribution < 1.29 is 13.2 Å². The summed E-state index contributed by atoms with van der Waals surface area (Å²) in [6, 6.07) is 5.74. The lowest BCUT2D eigenvalue weighted by Gasteiger charge is -2.27. The van der Waals surface area contributed by atoms with Gasteiger partial charge in [-0.2, -0.15) is 0 Å². The number of alkyl halides is 2. The lowest BCUT2D eigenvalue weighted by Crippen LogP contribution is -2.25. The van der Waals surface area contributed by atoms with Gasteiger partial charge in [-0.1, -0.05) is 0 Å². The largest absolute Gasteiger partial charge is 0.355 e. The van der Waals surface area contributed by atoms with Crippen LogP contribution in [0.5, 0.6) is 0 Å². The van der Waals surface area contributed by atoms with E-state index in [1.54, 1.807) is 29.7 Å². The number of rotatable bonds is 4. The third-order valence-electron chi connectivity index (χ3n) is 7.66. The number of nitrogens with zero attached hydrogens (tertiary/aromatic N) is 3. The van der Waals surface area contributed by atoms with Crippen LogP contribution in [0.1, 0.15) is 41.0 Å². The molecule has 9 heteroatoms. The Balaban J connectivity index is 1.26. The summed E-state index contributed by atoms with van der Waals surface area (Å²) in [5.74, 6) is -2.68. The maximum absolute atomic E-state index is 16.5. The van der Waals surface area contributed by atoms with Crippen molar-refractivity contribution in [1.82, 2.24) is 20.3 Å². The van der Waals surface area contributed by atoms with Gasteiger partial charge in [0.15, 0.2) is 0 Å². The molecule has 1 unspecified atom stereocenters. The van der Waals surface area contributed by atoms with Gasteiger partial charge >= 0.3 is 0 Å². The van der Waals surface area contributed by atoms with E-state index < -0.39 is 5.92 Å². The SMILES string of the molecule is Cc1cc2c(c(F)c1-c1cncc(CN3CCC(F)(F)C3)c1)C(C1=C3CC3c3cnccc3N1)=CNN2. The highest BCUT2D eigenvalue weighted by atomic mass is 19.3. The van der Waals surface area contributed by atoms with Crippen LogP contribution in [-0.4, -0.2) is 33.9 Å². The average molecular weight is 503 g/mol. The van der Waals surface area contributed by atoms with Crippen molar-refractivity contribution in [3.8, 4) is 11.1 Å². The van der Waals surface area contributed by atoms with Crippen LogP contribution in [0.25, 0.3) is 16.7 Å². The molecule has 2 fully saturated rings. The fraction of sp³-hybridized carbons (Fsp3) is 0.286. The summed E-state index contributed by atoms with van der Waals surface area (Å²) < 4.78 is 43.8. The Morgan fingerprint density at radius 1 is 1.11 bits per heavy atom. The number of benzene rings is 1. The van der Waals surface area contributed by atoms with E-state index in [0.29, 0.717) is 41.4 Å². The van der Waals surface area contributed by atoms with Gasteiger partial charge in [-0.3, -0.25) is 14.9 Å². The van der Waals surface area contributed by atoms with Gasteiger partial charge in [-0.05, 0) is 48.2 Å². The molecule has 3 aliphatic heterocycles.